The van der Waals surface area contributed by atoms with Gasteiger partial charge in [0.15, 0.2) is 0 Å². The molecule has 0 saturated carbocycles. The lowest BCUT2D eigenvalue weighted by Gasteiger charge is -2.40. The molecule has 5 nitrogen and oxygen atoms in total. The smallest absolute Gasteiger partial charge is 0.250 e. The first-order valence-electron chi connectivity index (χ1n) is 10.7. The molecule has 2 heterocycles. The number of hydrogen-bond donors (Lipinski definition) is 0. The van der Waals surface area contributed by atoms with Crippen LogP contribution in [0.1, 0.15) is 38.7 Å². The molecule has 1 aliphatic carbocycles. The van der Waals surface area contributed by atoms with Crippen molar-refractivity contribution < 1.29 is 14.0 Å². The second-order valence-electron chi connectivity index (χ2n) is 10.3. The topological polar surface area (TPSA) is 51.5 Å². The minimum Gasteiger partial charge on any atom is -0.547 e. The molecule has 1 aliphatic heterocycles. The Labute approximate surface area is 179 Å². The number of benzene rings is 1. The Kier molecular flexibility index (Phi) is 4.77. The number of allylic oxidation sites excluding steroid dienone is 2. The van der Waals surface area contributed by atoms with E-state index in [9.17, 15) is 9.59 Å². The number of likely N-dealkylation sites (tertiary alicyclic amines) is 1. The molecule has 30 heavy (non-hydrogen) atoms. The minimum atomic E-state index is -2.05. The van der Waals surface area contributed by atoms with Gasteiger partial charge in [0, 0.05) is 43.5 Å². The fraction of sp³-hybridized carbons (Fsp3) is 0.500. The Hall–Kier alpha value is -2.34. The van der Waals surface area contributed by atoms with E-state index in [1.54, 1.807) is 7.05 Å². The lowest BCUT2D eigenvalue weighted by Crippen LogP contribution is -2.41. The van der Waals surface area contributed by atoms with E-state index in [1.165, 1.54) is 4.90 Å². The van der Waals surface area contributed by atoms with E-state index in [2.05, 4.69) is 62.8 Å². The van der Waals surface area contributed by atoms with Crippen molar-refractivity contribution in [3.63, 3.8) is 0 Å². The number of amides is 2. The van der Waals surface area contributed by atoms with E-state index in [4.69, 9.17) is 4.43 Å². The number of carbonyl (C=O) groups is 2. The van der Waals surface area contributed by atoms with Crippen LogP contribution in [0.3, 0.4) is 0 Å². The number of imide groups is 1. The Morgan fingerprint density at radius 2 is 1.73 bits per heavy atom. The van der Waals surface area contributed by atoms with Gasteiger partial charge in [-0.2, -0.15) is 0 Å². The zero-order valence-corrected chi connectivity index (χ0v) is 20.0. The van der Waals surface area contributed by atoms with Crippen LogP contribution in [0.4, 0.5) is 0 Å². The predicted octanol–water partition coefficient (Wildman–Crippen LogP) is 4.80. The van der Waals surface area contributed by atoms with E-state index < -0.39 is 8.32 Å². The molecule has 2 amide bonds. The number of nitrogens with zero attached hydrogens (tertiary/aromatic N) is 2. The number of para-hydroxylation sites is 1. The summed E-state index contributed by atoms with van der Waals surface area (Å²) < 4.78 is 8.75. The molecule has 1 fully saturated rings. The third-order valence-electron chi connectivity index (χ3n) is 7.35. The van der Waals surface area contributed by atoms with Crippen LogP contribution >= 0.6 is 0 Å². The minimum absolute atomic E-state index is 0.0614. The SMILES string of the molecule is CN1C(=O)[C@H]2[C@@H](c3cn(C)c4ccccc34)C=C(O[Si](C)(C)C(C)(C)C)C[C@H]2C1=O. The summed E-state index contributed by atoms with van der Waals surface area (Å²) in [4.78, 5) is 27.3. The molecule has 1 aromatic heterocycles. The summed E-state index contributed by atoms with van der Waals surface area (Å²) in [5, 5.41) is 1.19. The van der Waals surface area contributed by atoms with Crippen LogP contribution in [0.5, 0.6) is 0 Å². The second kappa shape index (κ2) is 6.84. The van der Waals surface area contributed by atoms with Crippen molar-refractivity contribution >= 4 is 31.0 Å². The lowest BCUT2D eigenvalue weighted by molar-refractivity contribution is -0.138. The highest BCUT2D eigenvalue weighted by Crippen LogP contribution is 2.49. The summed E-state index contributed by atoms with van der Waals surface area (Å²) >= 11 is 0. The van der Waals surface area contributed by atoms with Crippen molar-refractivity contribution in [2.45, 2.75) is 51.2 Å². The largest absolute Gasteiger partial charge is 0.547 e. The molecule has 160 valence electrons. The number of rotatable bonds is 3. The van der Waals surface area contributed by atoms with Gasteiger partial charge in [-0.3, -0.25) is 14.5 Å². The second-order valence-corrected chi connectivity index (χ2v) is 15.0. The highest BCUT2D eigenvalue weighted by molar-refractivity contribution is 6.74. The molecule has 4 rings (SSSR count). The van der Waals surface area contributed by atoms with Gasteiger partial charge in [0.05, 0.1) is 17.6 Å². The first-order valence-corrected chi connectivity index (χ1v) is 13.6. The van der Waals surface area contributed by atoms with Crippen molar-refractivity contribution in [2.24, 2.45) is 18.9 Å². The summed E-state index contributed by atoms with van der Waals surface area (Å²) in [6.07, 6.45) is 4.75. The molecule has 0 N–H and O–H groups in total. The Bertz CT molecular complexity index is 1060. The molecule has 2 aliphatic rings. The molecule has 0 bridgehead atoms. The van der Waals surface area contributed by atoms with Crippen molar-refractivity contribution in [1.82, 2.24) is 9.47 Å². The zero-order chi connectivity index (χ0) is 22.0. The number of fused-ring (bicyclic) bond motifs is 2. The molecular formula is C24H32N2O3Si. The van der Waals surface area contributed by atoms with Crippen molar-refractivity contribution in [3.8, 4) is 0 Å². The molecular weight excluding hydrogens is 392 g/mol. The molecule has 0 radical (unpaired) electrons. The van der Waals surface area contributed by atoms with Crippen LogP contribution < -0.4 is 0 Å². The molecule has 3 atom stereocenters. The van der Waals surface area contributed by atoms with Crippen LogP contribution in [0.15, 0.2) is 42.3 Å². The van der Waals surface area contributed by atoms with Crippen LogP contribution in [0, 0.1) is 11.8 Å². The summed E-state index contributed by atoms with van der Waals surface area (Å²) in [5.74, 6) is -0.171. The van der Waals surface area contributed by atoms with Crippen LogP contribution in [0.25, 0.3) is 10.9 Å². The zero-order valence-electron chi connectivity index (χ0n) is 19.0. The van der Waals surface area contributed by atoms with Gasteiger partial charge in [0.1, 0.15) is 0 Å². The molecule has 1 aromatic carbocycles. The first-order chi connectivity index (χ1) is 13.9. The van der Waals surface area contributed by atoms with Gasteiger partial charge in [0.25, 0.3) is 0 Å². The fourth-order valence-corrected chi connectivity index (χ4v) is 5.70. The quantitative estimate of drug-likeness (QED) is 0.525. The molecule has 2 aromatic rings. The van der Waals surface area contributed by atoms with Gasteiger partial charge in [-0.1, -0.05) is 39.0 Å². The molecule has 0 unspecified atom stereocenters. The Morgan fingerprint density at radius 3 is 2.40 bits per heavy atom. The Balaban J connectivity index is 1.84. The van der Waals surface area contributed by atoms with Crippen molar-refractivity contribution in [1.29, 1.82) is 0 Å². The van der Waals surface area contributed by atoms with Crippen molar-refractivity contribution in [3.05, 3.63) is 47.9 Å². The number of carbonyl (C=O) groups excluding carboxylic acids is 2. The summed E-state index contributed by atoms with van der Waals surface area (Å²) in [5.41, 5.74) is 2.22. The van der Waals surface area contributed by atoms with Crippen LogP contribution in [-0.2, 0) is 21.1 Å². The van der Waals surface area contributed by atoms with Gasteiger partial charge in [-0.15, -0.1) is 0 Å². The third-order valence-corrected chi connectivity index (χ3v) is 11.7. The number of aryl methyl sites for hydroxylation is 1. The van der Waals surface area contributed by atoms with Gasteiger partial charge >= 0.3 is 0 Å². The standard InChI is InChI=1S/C24H32N2O3Si/c1-24(2,3)30(6,7)29-15-12-17(21-18(13-15)22(27)26(5)23(21)28)19-14-25(4)20-11-9-8-10-16(19)20/h8-12,14,17-18,21H,13H2,1-7H3/t17-,18-,21+/m1/s1. The van der Waals surface area contributed by atoms with E-state index in [-0.39, 0.29) is 34.6 Å². The average molecular weight is 425 g/mol. The third kappa shape index (κ3) is 3.12. The van der Waals surface area contributed by atoms with E-state index in [0.717, 1.165) is 22.2 Å². The maximum Gasteiger partial charge on any atom is 0.250 e. The van der Waals surface area contributed by atoms with Gasteiger partial charge in [-0.25, -0.2) is 0 Å². The molecule has 6 heteroatoms. The summed E-state index contributed by atoms with van der Waals surface area (Å²) in [6, 6.07) is 8.23. The first kappa shape index (κ1) is 20.9. The van der Waals surface area contributed by atoms with Gasteiger partial charge < -0.3 is 8.99 Å². The van der Waals surface area contributed by atoms with Crippen molar-refractivity contribution in [2.75, 3.05) is 7.05 Å². The highest BCUT2D eigenvalue weighted by atomic mass is 28.4. The summed E-state index contributed by atoms with van der Waals surface area (Å²) in [6.45, 7) is 11.1. The van der Waals surface area contributed by atoms with Gasteiger partial charge in [-0.05, 0) is 35.8 Å². The monoisotopic (exact) mass is 424 g/mol. The molecule has 1 saturated heterocycles. The van der Waals surface area contributed by atoms with E-state index in [0.29, 0.717) is 6.42 Å². The highest BCUT2D eigenvalue weighted by Gasteiger charge is 2.53. The fourth-order valence-electron chi connectivity index (χ4n) is 4.59. The number of hydrogen-bond acceptors (Lipinski definition) is 3. The average Bonchev–Trinajstić information content (AvgIpc) is 3.11. The van der Waals surface area contributed by atoms with Gasteiger partial charge in [0.2, 0.25) is 20.1 Å². The lowest BCUT2D eigenvalue weighted by atomic mass is 9.73. The Morgan fingerprint density at radius 1 is 1.07 bits per heavy atom. The van der Waals surface area contributed by atoms with E-state index in [1.807, 2.05) is 19.2 Å². The maximum atomic E-state index is 13.1. The van der Waals surface area contributed by atoms with Crippen LogP contribution in [0.2, 0.25) is 18.1 Å². The predicted molar refractivity (Wildman–Crippen MR) is 121 cm³/mol. The maximum absolute atomic E-state index is 13.1. The van der Waals surface area contributed by atoms with E-state index >= 15 is 0 Å². The summed E-state index contributed by atoms with van der Waals surface area (Å²) in [7, 11) is 1.58. The number of aromatic nitrogens is 1. The molecule has 0 spiro atoms. The van der Waals surface area contributed by atoms with Crippen LogP contribution in [-0.4, -0.2) is 36.6 Å². The normalized spacial score (nSPS) is 25.0.